The van der Waals surface area contributed by atoms with Crippen molar-refractivity contribution in [3.8, 4) is 11.1 Å². The lowest BCUT2D eigenvalue weighted by atomic mass is 9.93. The molecule has 0 aliphatic carbocycles. The minimum atomic E-state index is -0.419. The molecule has 0 bridgehead atoms. The normalized spacial score (nSPS) is 18.9. The zero-order valence-corrected chi connectivity index (χ0v) is 26.2. The summed E-state index contributed by atoms with van der Waals surface area (Å²) in [5.74, 6) is 0. The molecule has 3 aromatic rings. The quantitative estimate of drug-likeness (QED) is 0.193. The van der Waals surface area contributed by atoms with Crippen LogP contribution in [0.5, 0.6) is 0 Å². The van der Waals surface area contributed by atoms with Gasteiger partial charge in [0.1, 0.15) is 5.60 Å². The largest absolute Gasteiger partial charge is 0.443 e. The van der Waals surface area contributed by atoms with E-state index in [9.17, 15) is 4.79 Å². The summed E-state index contributed by atoms with van der Waals surface area (Å²) < 4.78 is 6.00. The maximum atomic E-state index is 12.9. The smallest absolute Gasteiger partial charge is 0.412 e. The van der Waals surface area contributed by atoms with E-state index in [0.29, 0.717) is 0 Å². The molecule has 2 saturated heterocycles. The molecular formula is C38H51N3O2. The number of hydrogen-bond acceptors (Lipinski definition) is 4. The maximum Gasteiger partial charge on any atom is 0.412 e. The van der Waals surface area contributed by atoms with Crippen LogP contribution in [0.2, 0.25) is 0 Å². The van der Waals surface area contributed by atoms with E-state index in [1.807, 2.05) is 42.5 Å². The number of benzene rings is 3. The van der Waals surface area contributed by atoms with Crippen LogP contribution >= 0.6 is 0 Å². The van der Waals surface area contributed by atoms with Crippen molar-refractivity contribution < 1.29 is 9.53 Å². The summed E-state index contributed by atoms with van der Waals surface area (Å²) in [6.07, 6.45) is 13.3. The third-order valence-corrected chi connectivity index (χ3v) is 9.48. The van der Waals surface area contributed by atoms with Crippen LogP contribution in [0.3, 0.4) is 0 Å². The molecule has 2 fully saturated rings. The number of hydrogen-bond donors (Lipinski definition) is 1. The van der Waals surface area contributed by atoms with Crippen LogP contribution in [0.4, 0.5) is 10.5 Å². The molecule has 230 valence electrons. The molecule has 0 aromatic heterocycles. The fourth-order valence-corrected chi connectivity index (χ4v) is 6.84. The van der Waals surface area contributed by atoms with Crippen molar-refractivity contribution in [2.24, 2.45) is 0 Å². The Bertz CT molecular complexity index is 1240. The Hall–Kier alpha value is -3.15. The maximum absolute atomic E-state index is 12.9. The van der Waals surface area contributed by atoms with Crippen LogP contribution in [0.25, 0.3) is 11.1 Å². The lowest BCUT2D eigenvalue weighted by Gasteiger charge is -2.38. The van der Waals surface area contributed by atoms with E-state index in [4.69, 9.17) is 4.74 Å². The van der Waals surface area contributed by atoms with Crippen molar-refractivity contribution in [1.82, 2.24) is 9.80 Å². The van der Waals surface area contributed by atoms with Crippen molar-refractivity contribution in [3.05, 3.63) is 90.5 Å². The molecular weight excluding hydrogens is 530 g/mol. The fraction of sp³-hybridized carbons (Fsp3) is 0.500. The van der Waals surface area contributed by atoms with Crippen LogP contribution in [0.15, 0.2) is 84.9 Å². The molecule has 1 atom stereocenters. The van der Waals surface area contributed by atoms with Crippen LogP contribution in [-0.4, -0.2) is 60.3 Å². The van der Waals surface area contributed by atoms with Crippen molar-refractivity contribution >= 4 is 11.8 Å². The number of nitrogens with one attached hydrogen (secondary N) is 1. The molecule has 5 rings (SSSR count). The second-order valence-corrected chi connectivity index (χ2v) is 12.9. The van der Waals surface area contributed by atoms with Crippen molar-refractivity contribution in [1.29, 1.82) is 0 Å². The standard InChI is InChI=1S/C38H51N3O2/c1-38(43-37(42)39-36-23-13-12-22-35(36)33-19-10-7-11-20-33)24-29-40(30-25-38)26-14-4-2-3-5-15-27-41-28-16-21-34(41)31-32-17-8-6-9-18-32/h6-13,17-20,22-23,34H,2-5,14-16,21,24-31H2,1H3,(H,39,42). The van der Waals surface area contributed by atoms with Gasteiger partial charge in [0.25, 0.3) is 0 Å². The molecule has 2 aliphatic rings. The number of carbonyl (C=O) groups excluding carboxylic acids is 1. The molecule has 0 saturated carbocycles. The summed E-state index contributed by atoms with van der Waals surface area (Å²) in [5.41, 5.74) is 3.92. The van der Waals surface area contributed by atoms with Gasteiger partial charge in [-0.3, -0.25) is 5.32 Å². The van der Waals surface area contributed by atoms with Gasteiger partial charge < -0.3 is 14.5 Å². The summed E-state index contributed by atoms with van der Waals surface area (Å²) >= 11 is 0. The monoisotopic (exact) mass is 581 g/mol. The number of amides is 1. The zero-order chi connectivity index (χ0) is 29.7. The van der Waals surface area contributed by atoms with E-state index >= 15 is 0 Å². The summed E-state index contributed by atoms with van der Waals surface area (Å²) in [6.45, 7) is 7.77. The van der Waals surface area contributed by atoms with Gasteiger partial charge in [-0.25, -0.2) is 4.79 Å². The highest BCUT2D eigenvalue weighted by Crippen LogP contribution is 2.30. The van der Waals surface area contributed by atoms with Gasteiger partial charge in [0, 0.05) is 24.7 Å². The Balaban J connectivity index is 0.923. The molecule has 0 spiro atoms. The Labute approximate surface area is 259 Å². The molecule has 3 aromatic carbocycles. The van der Waals surface area contributed by atoms with Gasteiger partial charge in [-0.15, -0.1) is 0 Å². The van der Waals surface area contributed by atoms with Crippen molar-refractivity contribution in [3.63, 3.8) is 0 Å². The third-order valence-electron chi connectivity index (χ3n) is 9.48. The number of anilines is 1. The predicted molar refractivity (Wildman–Crippen MR) is 179 cm³/mol. The van der Waals surface area contributed by atoms with Crippen LogP contribution in [0.1, 0.15) is 76.7 Å². The van der Waals surface area contributed by atoms with Crippen molar-refractivity contribution in [2.75, 3.05) is 38.0 Å². The van der Waals surface area contributed by atoms with Gasteiger partial charge in [0.15, 0.2) is 0 Å². The lowest BCUT2D eigenvalue weighted by molar-refractivity contribution is -0.0163. The van der Waals surface area contributed by atoms with Crippen molar-refractivity contribution in [2.45, 2.75) is 89.2 Å². The Morgan fingerprint density at radius 1 is 0.791 bits per heavy atom. The number of likely N-dealkylation sites (tertiary alicyclic amines) is 2. The SMILES string of the molecule is CC1(OC(=O)Nc2ccccc2-c2ccccc2)CCN(CCCCCCCCN2CCCC2Cc2ccccc2)CC1. The van der Waals surface area contributed by atoms with E-state index in [0.717, 1.165) is 55.3 Å². The van der Waals surface area contributed by atoms with Gasteiger partial charge in [0.2, 0.25) is 0 Å². The fourth-order valence-electron chi connectivity index (χ4n) is 6.84. The molecule has 5 heteroatoms. The minimum absolute atomic E-state index is 0.365. The second kappa shape index (κ2) is 16.1. The molecule has 2 aliphatic heterocycles. The first kappa shape index (κ1) is 31.3. The molecule has 43 heavy (non-hydrogen) atoms. The highest BCUT2D eigenvalue weighted by molar-refractivity contribution is 5.91. The number of nitrogens with zero attached hydrogens (tertiary/aromatic N) is 2. The van der Waals surface area contributed by atoms with Crippen LogP contribution in [-0.2, 0) is 11.2 Å². The first-order valence-corrected chi connectivity index (χ1v) is 16.7. The minimum Gasteiger partial charge on any atom is -0.443 e. The first-order valence-electron chi connectivity index (χ1n) is 16.7. The number of piperidine rings is 1. The number of unbranched alkanes of at least 4 members (excludes halogenated alkanes) is 5. The van der Waals surface area contributed by atoms with Crippen LogP contribution in [0, 0.1) is 0 Å². The molecule has 1 unspecified atom stereocenters. The highest BCUT2D eigenvalue weighted by atomic mass is 16.6. The predicted octanol–water partition coefficient (Wildman–Crippen LogP) is 8.80. The zero-order valence-electron chi connectivity index (χ0n) is 26.2. The number of carbonyl (C=O) groups is 1. The van der Waals surface area contributed by atoms with E-state index in [-0.39, 0.29) is 6.09 Å². The highest BCUT2D eigenvalue weighted by Gasteiger charge is 2.33. The summed E-state index contributed by atoms with van der Waals surface area (Å²) in [5, 5.41) is 3.01. The Morgan fingerprint density at radius 3 is 2.16 bits per heavy atom. The summed E-state index contributed by atoms with van der Waals surface area (Å²) in [6, 6.07) is 29.8. The number of rotatable bonds is 14. The Morgan fingerprint density at radius 2 is 1.42 bits per heavy atom. The number of ether oxygens (including phenoxy) is 1. The molecule has 1 N–H and O–H groups in total. The lowest BCUT2D eigenvalue weighted by Crippen LogP contribution is -2.46. The van der Waals surface area contributed by atoms with Gasteiger partial charge in [0.05, 0.1) is 5.69 Å². The topological polar surface area (TPSA) is 44.8 Å². The Kier molecular flexibility index (Phi) is 11.7. The third kappa shape index (κ3) is 9.67. The van der Waals surface area contributed by atoms with E-state index in [1.165, 1.54) is 76.4 Å². The van der Waals surface area contributed by atoms with Gasteiger partial charge >= 0.3 is 6.09 Å². The molecule has 2 heterocycles. The van der Waals surface area contributed by atoms with Crippen LogP contribution < -0.4 is 5.32 Å². The molecule has 0 radical (unpaired) electrons. The molecule has 5 nitrogen and oxygen atoms in total. The molecule has 1 amide bonds. The van der Waals surface area contributed by atoms with E-state index in [1.54, 1.807) is 0 Å². The first-order chi connectivity index (χ1) is 21.1. The number of para-hydroxylation sites is 1. The van der Waals surface area contributed by atoms with Gasteiger partial charge in [-0.2, -0.15) is 0 Å². The summed E-state index contributed by atoms with van der Waals surface area (Å²) in [4.78, 5) is 18.2. The summed E-state index contributed by atoms with van der Waals surface area (Å²) in [7, 11) is 0. The van der Waals surface area contributed by atoms with Gasteiger partial charge in [-0.1, -0.05) is 105 Å². The average Bonchev–Trinajstić information content (AvgIpc) is 3.47. The second-order valence-electron chi connectivity index (χ2n) is 12.9. The van der Waals surface area contributed by atoms with E-state index < -0.39 is 5.60 Å². The van der Waals surface area contributed by atoms with E-state index in [2.05, 4.69) is 64.5 Å². The average molecular weight is 582 g/mol. The van der Waals surface area contributed by atoms with Gasteiger partial charge in [-0.05, 0) is 88.7 Å².